The van der Waals surface area contributed by atoms with Crippen molar-refractivity contribution in [3.63, 3.8) is 0 Å². The monoisotopic (exact) mass is 326 g/mol. The standard InChI is InChI=1S/C12H12BrFN4O/c1-15-12-10(13)9(6-19-2)17-11(18-12)8-4-3-7(14)5-16-8/h3-5H,6H2,1-2H3,(H,15,17,18). The lowest BCUT2D eigenvalue weighted by atomic mass is 10.3. The Morgan fingerprint density at radius 2 is 2.16 bits per heavy atom. The van der Waals surface area contributed by atoms with Crippen LogP contribution in [0.1, 0.15) is 5.69 Å². The highest BCUT2D eigenvalue weighted by Crippen LogP contribution is 2.26. The fraction of sp³-hybridized carbons (Fsp3) is 0.250. The lowest BCUT2D eigenvalue weighted by Crippen LogP contribution is -2.05. The summed E-state index contributed by atoms with van der Waals surface area (Å²) in [5, 5.41) is 2.96. The Morgan fingerprint density at radius 3 is 2.74 bits per heavy atom. The van der Waals surface area contributed by atoms with Crippen LogP contribution in [0.15, 0.2) is 22.8 Å². The summed E-state index contributed by atoms with van der Waals surface area (Å²) in [7, 11) is 3.34. The topological polar surface area (TPSA) is 59.9 Å². The summed E-state index contributed by atoms with van der Waals surface area (Å²) in [5.41, 5.74) is 1.20. The molecule has 2 heterocycles. The second-order valence-corrected chi connectivity index (χ2v) is 4.49. The number of rotatable bonds is 4. The number of hydrogen-bond acceptors (Lipinski definition) is 5. The maximum Gasteiger partial charge on any atom is 0.180 e. The Morgan fingerprint density at radius 1 is 1.37 bits per heavy atom. The number of ether oxygens (including phenoxy) is 1. The molecule has 2 aromatic rings. The summed E-state index contributed by atoms with van der Waals surface area (Å²) in [6, 6.07) is 2.86. The van der Waals surface area contributed by atoms with Crippen LogP contribution in [0.3, 0.4) is 0 Å². The summed E-state index contributed by atoms with van der Waals surface area (Å²) < 4.78 is 18.7. The Hall–Kier alpha value is -1.60. The van der Waals surface area contributed by atoms with E-state index in [0.29, 0.717) is 29.6 Å². The van der Waals surface area contributed by atoms with Crippen molar-refractivity contribution in [2.75, 3.05) is 19.5 Å². The van der Waals surface area contributed by atoms with Crippen LogP contribution >= 0.6 is 15.9 Å². The van der Waals surface area contributed by atoms with Crippen LogP contribution in [0.4, 0.5) is 10.2 Å². The van der Waals surface area contributed by atoms with Crippen LogP contribution in [0.2, 0.25) is 0 Å². The van der Waals surface area contributed by atoms with Crippen LogP contribution in [-0.2, 0) is 11.3 Å². The van der Waals surface area contributed by atoms with E-state index in [1.165, 1.54) is 12.1 Å². The molecule has 2 rings (SSSR count). The number of halogens is 2. The van der Waals surface area contributed by atoms with Gasteiger partial charge in [0.15, 0.2) is 5.82 Å². The SMILES string of the molecule is CNc1nc(-c2ccc(F)cn2)nc(COC)c1Br. The summed E-state index contributed by atoms with van der Waals surface area (Å²) >= 11 is 3.41. The Labute approximate surface area is 118 Å². The van der Waals surface area contributed by atoms with Gasteiger partial charge in [-0.05, 0) is 28.1 Å². The summed E-state index contributed by atoms with van der Waals surface area (Å²) in [6.45, 7) is 0.339. The van der Waals surface area contributed by atoms with Gasteiger partial charge in [-0.3, -0.25) is 0 Å². The highest BCUT2D eigenvalue weighted by atomic mass is 79.9. The molecule has 2 aromatic heterocycles. The molecule has 0 aliphatic carbocycles. The average Bonchev–Trinajstić information content (AvgIpc) is 2.42. The van der Waals surface area contributed by atoms with Gasteiger partial charge in [-0.1, -0.05) is 0 Å². The van der Waals surface area contributed by atoms with E-state index >= 15 is 0 Å². The summed E-state index contributed by atoms with van der Waals surface area (Å²) in [6.07, 6.45) is 1.13. The van der Waals surface area contributed by atoms with Crippen LogP contribution in [0, 0.1) is 5.82 Å². The molecule has 0 unspecified atom stereocenters. The van der Waals surface area contributed by atoms with E-state index in [1.807, 2.05) is 0 Å². The molecule has 0 amide bonds. The van der Waals surface area contributed by atoms with E-state index in [0.717, 1.165) is 10.7 Å². The number of nitrogens with zero attached hydrogens (tertiary/aromatic N) is 3. The molecule has 0 fully saturated rings. The van der Waals surface area contributed by atoms with Crippen molar-refractivity contribution in [3.05, 3.63) is 34.3 Å². The minimum absolute atomic E-state index is 0.339. The third kappa shape index (κ3) is 3.05. The molecule has 100 valence electrons. The molecule has 0 aliphatic heterocycles. The molecular weight excluding hydrogens is 315 g/mol. The zero-order valence-corrected chi connectivity index (χ0v) is 12.0. The zero-order valence-electron chi connectivity index (χ0n) is 10.4. The molecule has 7 heteroatoms. The molecule has 0 atom stereocenters. The third-order valence-electron chi connectivity index (χ3n) is 2.39. The smallest absolute Gasteiger partial charge is 0.180 e. The van der Waals surface area contributed by atoms with Crippen molar-refractivity contribution >= 4 is 21.7 Å². The first-order chi connectivity index (χ1) is 9.15. The van der Waals surface area contributed by atoms with Crippen LogP contribution in [0.25, 0.3) is 11.5 Å². The predicted octanol–water partition coefficient (Wildman–Crippen LogP) is 2.63. The average molecular weight is 327 g/mol. The van der Waals surface area contributed by atoms with Gasteiger partial charge in [0.25, 0.3) is 0 Å². The van der Waals surface area contributed by atoms with Gasteiger partial charge in [-0.15, -0.1) is 0 Å². The Kier molecular flexibility index (Phi) is 4.39. The normalized spacial score (nSPS) is 10.5. The van der Waals surface area contributed by atoms with Gasteiger partial charge >= 0.3 is 0 Å². The summed E-state index contributed by atoms with van der Waals surface area (Å²) in [5.74, 6) is 0.648. The number of aromatic nitrogens is 3. The van der Waals surface area contributed by atoms with Gasteiger partial charge in [-0.25, -0.2) is 19.3 Å². The predicted molar refractivity (Wildman–Crippen MR) is 73.2 cm³/mol. The first-order valence-corrected chi connectivity index (χ1v) is 6.30. The quantitative estimate of drug-likeness (QED) is 0.935. The zero-order chi connectivity index (χ0) is 13.8. The highest BCUT2D eigenvalue weighted by molar-refractivity contribution is 9.10. The number of pyridine rings is 1. The first-order valence-electron chi connectivity index (χ1n) is 5.50. The van der Waals surface area contributed by atoms with Crippen molar-refractivity contribution in [1.82, 2.24) is 15.0 Å². The molecule has 0 aromatic carbocycles. The van der Waals surface area contributed by atoms with Gasteiger partial charge in [0.05, 0.1) is 23.0 Å². The fourth-order valence-electron chi connectivity index (χ4n) is 1.51. The van der Waals surface area contributed by atoms with Crippen molar-refractivity contribution in [2.24, 2.45) is 0 Å². The number of nitrogens with one attached hydrogen (secondary N) is 1. The minimum atomic E-state index is -0.396. The lowest BCUT2D eigenvalue weighted by Gasteiger charge is -2.10. The minimum Gasteiger partial charge on any atom is -0.378 e. The second kappa shape index (κ2) is 6.03. The molecule has 0 radical (unpaired) electrons. The number of methoxy groups -OCH3 is 1. The maximum absolute atomic E-state index is 12.9. The number of anilines is 1. The van der Waals surface area contributed by atoms with Crippen molar-refractivity contribution in [1.29, 1.82) is 0 Å². The van der Waals surface area contributed by atoms with Crippen LogP contribution in [0.5, 0.6) is 0 Å². The van der Waals surface area contributed by atoms with Crippen molar-refractivity contribution in [2.45, 2.75) is 6.61 Å². The lowest BCUT2D eigenvalue weighted by molar-refractivity contribution is 0.181. The van der Waals surface area contributed by atoms with E-state index in [2.05, 4.69) is 36.2 Å². The van der Waals surface area contributed by atoms with E-state index in [4.69, 9.17) is 4.74 Å². The third-order valence-corrected chi connectivity index (χ3v) is 3.23. The molecule has 0 saturated heterocycles. The molecule has 0 saturated carbocycles. The maximum atomic E-state index is 12.9. The summed E-state index contributed by atoms with van der Waals surface area (Å²) in [4.78, 5) is 12.7. The van der Waals surface area contributed by atoms with E-state index in [-0.39, 0.29) is 0 Å². The molecule has 1 N–H and O–H groups in total. The van der Waals surface area contributed by atoms with Crippen molar-refractivity contribution in [3.8, 4) is 11.5 Å². The molecule has 0 bridgehead atoms. The second-order valence-electron chi connectivity index (χ2n) is 3.70. The largest absolute Gasteiger partial charge is 0.378 e. The highest BCUT2D eigenvalue weighted by Gasteiger charge is 2.13. The molecule has 19 heavy (non-hydrogen) atoms. The molecule has 5 nitrogen and oxygen atoms in total. The Bertz CT molecular complexity index is 577. The van der Waals surface area contributed by atoms with E-state index < -0.39 is 5.82 Å². The van der Waals surface area contributed by atoms with Gasteiger partial charge in [0, 0.05) is 14.2 Å². The van der Waals surface area contributed by atoms with E-state index in [1.54, 1.807) is 14.2 Å². The first kappa shape index (κ1) is 13.8. The molecule has 0 spiro atoms. The van der Waals surface area contributed by atoms with Gasteiger partial charge < -0.3 is 10.1 Å². The molecule has 0 aliphatic rings. The van der Waals surface area contributed by atoms with Crippen molar-refractivity contribution < 1.29 is 9.13 Å². The van der Waals surface area contributed by atoms with E-state index in [9.17, 15) is 4.39 Å². The number of hydrogen-bond donors (Lipinski definition) is 1. The van der Waals surface area contributed by atoms with Gasteiger partial charge in [-0.2, -0.15) is 0 Å². The van der Waals surface area contributed by atoms with Gasteiger partial charge in [0.1, 0.15) is 17.3 Å². The Balaban J connectivity index is 2.51. The fourth-order valence-corrected chi connectivity index (χ4v) is 2.00. The van der Waals surface area contributed by atoms with Gasteiger partial charge in [0.2, 0.25) is 0 Å². The van der Waals surface area contributed by atoms with Crippen LogP contribution < -0.4 is 5.32 Å². The van der Waals surface area contributed by atoms with Crippen LogP contribution in [-0.4, -0.2) is 29.1 Å². The molecular formula is C12H12BrFN4O.